The molecule has 30 heavy (non-hydrogen) atoms. The number of rotatable bonds is 5. The molecule has 0 bridgehead atoms. The Morgan fingerprint density at radius 2 is 1.87 bits per heavy atom. The molecule has 0 aliphatic carbocycles. The maximum atomic E-state index is 13.2. The summed E-state index contributed by atoms with van der Waals surface area (Å²) in [6.45, 7) is 8.15. The lowest BCUT2D eigenvalue weighted by molar-refractivity contribution is -0.134. The monoisotopic (exact) mass is 405 g/mol. The fourth-order valence-electron chi connectivity index (χ4n) is 3.54. The fraction of sp³-hybridized carbons (Fsp3) is 0.391. The van der Waals surface area contributed by atoms with Crippen molar-refractivity contribution in [2.75, 3.05) is 31.1 Å². The SMILES string of the molecule is Cc1cccc(C(=O)NC(C(=O)N2CCN(c3cc(C#N)ccn3)CC2)C(C)C)c1. The van der Waals surface area contributed by atoms with Crippen molar-refractivity contribution in [2.24, 2.45) is 5.92 Å². The summed E-state index contributed by atoms with van der Waals surface area (Å²) in [7, 11) is 0. The Bertz CT molecular complexity index is 958. The van der Waals surface area contributed by atoms with Crippen molar-refractivity contribution in [3.05, 3.63) is 59.3 Å². The van der Waals surface area contributed by atoms with Crippen LogP contribution in [0.15, 0.2) is 42.6 Å². The number of hydrogen-bond acceptors (Lipinski definition) is 5. The van der Waals surface area contributed by atoms with E-state index in [1.807, 2.05) is 39.0 Å². The predicted octanol–water partition coefficient (Wildman–Crippen LogP) is 2.36. The molecule has 3 rings (SSSR count). The first-order valence-electron chi connectivity index (χ1n) is 10.2. The average Bonchev–Trinajstić information content (AvgIpc) is 2.76. The lowest BCUT2D eigenvalue weighted by atomic mass is 10.0. The molecule has 2 aromatic rings. The molecule has 156 valence electrons. The molecule has 2 amide bonds. The first kappa shape index (κ1) is 21.3. The van der Waals surface area contributed by atoms with E-state index in [1.54, 1.807) is 29.3 Å². The minimum atomic E-state index is -0.579. The minimum absolute atomic E-state index is 0.0294. The maximum Gasteiger partial charge on any atom is 0.251 e. The third-order valence-electron chi connectivity index (χ3n) is 5.29. The van der Waals surface area contributed by atoms with Crippen LogP contribution < -0.4 is 10.2 Å². The summed E-state index contributed by atoms with van der Waals surface area (Å²) in [6.07, 6.45) is 1.63. The Hall–Kier alpha value is -3.40. The van der Waals surface area contributed by atoms with Crippen molar-refractivity contribution in [3.8, 4) is 6.07 Å². The number of piperazine rings is 1. The Balaban J connectivity index is 1.64. The van der Waals surface area contributed by atoms with Gasteiger partial charge in [-0.15, -0.1) is 0 Å². The van der Waals surface area contributed by atoms with Crippen LogP contribution in [0.4, 0.5) is 5.82 Å². The van der Waals surface area contributed by atoms with E-state index in [9.17, 15) is 9.59 Å². The summed E-state index contributed by atoms with van der Waals surface area (Å²) in [5.41, 5.74) is 2.12. The summed E-state index contributed by atoms with van der Waals surface area (Å²) < 4.78 is 0. The van der Waals surface area contributed by atoms with Crippen LogP contribution in [-0.2, 0) is 4.79 Å². The molecule has 1 aliphatic heterocycles. The van der Waals surface area contributed by atoms with Gasteiger partial charge in [0.2, 0.25) is 5.91 Å². The number of nitriles is 1. The standard InChI is InChI=1S/C23H27N5O2/c1-16(2)21(26-22(29)19-6-4-5-17(3)13-19)23(30)28-11-9-27(10-12-28)20-14-18(15-24)7-8-25-20/h4-8,13-14,16,21H,9-12H2,1-3H3,(H,26,29). The van der Waals surface area contributed by atoms with Gasteiger partial charge < -0.3 is 15.1 Å². The fourth-order valence-corrected chi connectivity index (χ4v) is 3.54. The quantitative estimate of drug-likeness (QED) is 0.825. The molecule has 1 atom stereocenters. The average molecular weight is 406 g/mol. The van der Waals surface area contributed by atoms with E-state index in [-0.39, 0.29) is 17.7 Å². The molecule has 1 aliphatic rings. The number of nitrogens with zero attached hydrogens (tertiary/aromatic N) is 4. The smallest absolute Gasteiger partial charge is 0.251 e. The molecule has 7 nitrogen and oxygen atoms in total. The van der Waals surface area contributed by atoms with Crippen LogP contribution >= 0.6 is 0 Å². The van der Waals surface area contributed by atoms with Crippen LogP contribution in [0.5, 0.6) is 0 Å². The topological polar surface area (TPSA) is 89.3 Å². The lowest BCUT2D eigenvalue weighted by Crippen LogP contribution is -2.56. The van der Waals surface area contributed by atoms with E-state index in [1.165, 1.54) is 0 Å². The second-order valence-electron chi connectivity index (χ2n) is 7.89. The lowest BCUT2D eigenvalue weighted by Gasteiger charge is -2.37. The normalized spacial score (nSPS) is 14.9. The van der Waals surface area contributed by atoms with Crippen LogP contribution in [0.2, 0.25) is 0 Å². The van der Waals surface area contributed by atoms with Crippen molar-refractivity contribution in [1.29, 1.82) is 5.26 Å². The molecular formula is C23H27N5O2. The van der Waals surface area contributed by atoms with E-state index in [2.05, 4.69) is 21.3 Å². The number of nitrogens with one attached hydrogen (secondary N) is 1. The highest BCUT2D eigenvalue weighted by Crippen LogP contribution is 2.17. The van der Waals surface area contributed by atoms with Gasteiger partial charge in [-0.2, -0.15) is 5.26 Å². The summed E-state index contributed by atoms with van der Waals surface area (Å²) in [5, 5.41) is 12.0. The third-order valence-corrected chi connectivity index (χ3v) is 5.29. The summed E-state index contributed by atoms with van der Waals surface area (Å²) >= 11 is 0. The second kappa shape index (κ2) is 9.40. The zero-order chi connectivity index (χ0) is 21.7. The zero-order valence-electron chi connectivity index (χ0n) is 17.6. The Kier molecular flexibility index (Phi) is 6.68. The molecule has 1 N–H and O–H groups in total. The molecule has 1 unspecified atom stereocenters. The number of carbonyl (C=O) groups excluding carboxylic acids is 2. The number of pyridine rings is 1. The zero-order valence-corrected chi connectivity index (χ0v) is 17.6. The van der Waals surface area contributed by atoms with Crippen LogP contribution in [-0.4, -0.2) is 53.9 Å². The highest BCUT2D eigenvalue weighted by molar-refractivity contribution is 5.97. The molecule has 1 saturated heterocycles. The van der Waals surface area contributed by atoms with E-state index in [0.29, 0.717) is 37.3 Å². The molecular weight excluding hydrogens is 378 g/mol. The number of amides is 2. The third kappa shape index (κ3) is 4.95. The van der Waals surface area contributed by atoms with Crippen LogP contribution in [0.3, 0.4) is 0 Å². The molecule has 1 aromatic heterocycles. The highest BCUT2D eigenvalue weighted by atomic mass is 16.2. The van der Waals surface area contributed by atoms with Gasteiger partial charge in [-0.25, -0.2) is 4.98 Å². The molecule has 1 aromatic carbocycles. The van der Waals surface area contributed by atoms with Gasteiger partial charge in [-0.05, 0) is 37.1 Å². The maximum absolute atomic E-state index is 13.2. The largest absolute Gasteiger partial charge is 0.353 e. The van der Waals surface area contributed by atoms with Gasteiger partial charge in [-0.1, -0.05) is 31.5 Å². The van der Waals surface area contributed by atoms with Crippen molar-refractivity contribution in [2.45, 2.75) is 26.8 Å². The Morgan fingerprint density at radius 3 is 2.50 bits per heavy atom. The summed E-state index contributed by atoms with van der Waals surface area (Å²) in [5.74, 6) is 0.416. The minimum Gasteiger partial charge on any atom is -0.353 e. The number of hydrogen-bond donors (Lipinski definition) is 1. The Labute approximate surface area is 177 Å². The van der Waals surface area contributed by atoms with Gasteiger partial charge in [0, 0.05) is 37.9 Å². The molecule has 0 saturated carbocycles. The predicted molar refractivity (Wildman–Crippen MR) is 115 cm³/mol. The second-order valence-corrected chi connectivity index (χ2v) is 7.89. The Morgan fingerprint density at radius 1 is 1.13 bits per heavy atom. The molecule has 0 radical (unpaired) electrons. The van der Waals surface area contributed by atoms with Crippen LogP contribution in [0.1, 0.15) is 35.3 Å². The van der Waals surface area contributed by atoms with Gasteiger partial charge >= 0.3 is 0 Å². The highest BCUT2D eigenvalue weighted by Gasteiger charge is 2.31. The first-order valence-corrected chi connectivity index (χ1v) is 10.2. The molecule has 1 fully saturated rings. The van der Waals surface area contributed by atoms with Gasteiger partial charge in [-0.3, -0.25) is 9.59 Å². The van der Waals surface area contributed by atoms with Gasteiger partial charge in [0.25, 0.3) is 5.91 Å². The van der Waals surface area contributed by atoms with Gasteiger partial charge in [0.1, 0.15) is 11.9 Å². The van der Waals surface area contributed by atoms with E-state index < -0.39 is 6.04 Å². The van der Waals surface area contributed by atoms with E-state index in [4.69, 9.17) is 5.26 Å². The van der Waals surface area contributed by atoms with Crippen molar-refractivity contribution >= 4 is 17.6 Å². The molecule has 7 heteroatoms. The number of aromatic nitrogens is 1. The molecule has 0 spiro atoms. The van der Waals surface area contributed by atoms with E-state index in [0.717, 1.165) is 11.4 Å². The number of aryl methyl sites for hydroxylation is 1. The van der Waals surface area contributed by atoms with Crippen molar-refractivity contribution in [1.82, 2.24) is 15.2 Å². The molecule has 2 heterocycles. The van der Waals surface area contributed by atoms with E-state index >= 15 is 0 Å². The van der Waals surface area contributed by atoms with Crippen LogP contribution in [0, 0.1) is 24.2 Å². The van der Waals surface area contributed by atoms with Gasteiger partial charge in [0.15, 0.2) is 0 Å². The van der Waals surface area contributed by atoms with Gasteiger partial charge in [0.05, 0.1) is 11.6 Å². The summed E-state index contributed by atoms with van der Waals surface area (Å²) in [4.78, 5) is 34.0. The van der Waals surface area contributed by atoms with Crippen molar-refractivity contribution < 1.29 is 9.59 Å². The first-order chi connectivity index (χ1) is 14.4. The number of anilines is 1. The number of benzene rings is 1. The number of carbonyl (C=O) groups is 2. The summed E-state index contributed by atoms with van der Waals surface area (Å²) in [6, 6.07) is 12.3. The van der Waals surface area contributed by atoms with Crippen LogP contribution in [0.25, 0.3) is 0 Å². The van der Waals surface area contributed by atoms with Crippen molar-refractivity contribution in [3.63, 3.8) is 0 Å².